The molecule has 0 aliphatic heterocycles. The zero-order chi connectivity index (χ0) is 17.3. The molecule has 24 heavy (non-hydrogen) atoms. The minimum absolute atomic E-state index is 0.315. The maximum Gasteiger partial charge on any atom is 0.341 e. The number of thiocarbonyl (C=S) groups is 1. The smallest absolute Gasteiger partial charge is 0.341 e. The number of benzene rings is 1. The molecule has 4 nitrogen and oxygen atoms in total. The van der Waals surface area contributed by atoms with E-state index in [1.165, 1.54) is 12.0 Å². The Morgan fingerprint density at radius 1 is 1.29 bits per heavy atom. The van der Waals surface area contributed by atoms with E-state index in [1.807, 2.05) is 18.2 Å². The van der Waals surface area contributed by atoms with Gasteiger partial charge in [-0.2, -0.15) is 0 Å². The Morgan fingerprint density at radius 2 is 2.08 bits per heavy atom. The molecule has 0 bridgehead atoms. The van der Waals surface area contributed by atoms with Crippen molar-refractivity contribution in [2.45, 2.75) is 19.3 Å². The number of rotatable bonds is 3. The van der Waals surface area contributed by atoms with Crippen LogP contribution in [0.4, 0.5) is 10.7 Å². The molecule has 1 aromatic carbocycles. The second kappa shape index (κ2) is 7.51. The number of thiophene rings is 1. The third-order valence-corrected chi connectivity index (χ3v) is 6.28. The predicted octanol–water partition coefficient (Wildman–Crippen LogP) is 5.36. The number of carbonyl (C=O) groups excluding carboxylic acids is 1. The largest absolute Gasteiger partial charge is 0.465 e. The summed E-state index contributed by atoms with van der Waals surface area (Å²) in [6.45, 7) is 0. The molecule has 2 aromatic rings. The molecule has 0 amide bonds. The Balaban J connectivity index is 1.81. The summed E-state index contributed by atoms with van der Waals surface area (Å²) in [5.41, 5.74) is 2.57. The molecule has 0 saturated heterocycles. The number of methoxy groups -OCH3 is 1. The van der Waals surface area contributed by atoms with Crippen molar-refractivity contribution in [3.63, 3.8) is 0 Å². The van der Waals surface area contributed by atoms with E-state index in [4.69, 9.17) is 17.0 Å². The second-order valence-corrected chi connectivity index (χ2v) is 8.54. The Bertz CT molecular complexity index is 821. The number of halogens is 2. The van der Waals surface area contributed by atoms with Gasteiger partial charge < -0.3 is 15.4 Å². The van der Waals surface area contributed by atoms with Crippen molar-refractivity contribution in [3.8, 4) is 0 Å². The molecular formula is C16H14Br2N2O2S2. The van der Waals surface area contributed by atoms with Crippen molar-refractivity contribution < 1.29 is 9.53 Å². The lowest BCUT2D eigenvalue weighted by atomic mass is 10.1. The van der Waals surface area contributed by atoms with E-state index in [0.29, 0.717) is 10.7 Å². The SMILES string of the molecule is COC(=O)c1c(NC(=S)Nc2ccc(Br)cc2Br)sc2c1CCC2. The van der Waals surface area contributed by atoms with E-state index in [1.54, 1.807) is 11.3 Å². The van der Waals surface area contributed by atoms with E-state index in [-0.39, 0.29) is 5.97 Å². The number of hydrogen-bond donors (Lipinski definition) is 2. The first-order valence-corrected chi connectivity index (χ1v) is 10.1. The highest BCUT2D eigenvalue weighted by Gasteiger charge is 2.27. The monoisotopic (exact) mass is 488 g/mol. The van der Waals surface area contributed by atoms with Crippen molar-refractivity contribution in [1.29, 1.82) is 0 Å². The molecule has 0 saturated carbocycles. The van der Waals surface area contributed by atoms with Crippen LogP contribution in [0.25, 0.3) is 0 Å². The number of esters is 1. The zero-order valence-electron chi connectivity index (χ0n) is 12.7. The summed E-state index contributed by atoms with van der Waals surface area (Å²) < 4.78 is 6.81. The summed E-state index contributed by atoms with van der Waals surface area (Å²) in [7, 11) is 1.40. The normalized spacial score (nSPS) is 12.6. The van der Waals surface area contributed by atoms with Crippen LogP contribution < -0.4 is 10.6 Å². The van der Waals surface area contributed by atoms with Gasteiger partial charge in [0.25, 0.3) is 0 Å². The number of aryl methyl sites for hydroxylation is 1. The van der Waals surface area contributed by atoms with Gasteiger partial charge in [-0.05, 0) is 71.2 Å². The van der Waals surface area contributed by atoms with Crippen LogP contribution in [0.15, 0.2) is 27.1 Å². The summed E-state index contributed by atoms with van der Waals surface area (Å²) in [4.78, 5) is 13.4. The summed E-state index contributed by atoms with van der Waals surface area (Å²) in [6.07, 6.45) is 3.00. The van der Waals surface area contributed by atoms with Gasteiger partial charge in [0.1, 0.15) is 5.00 Å². The van der Waals surface area contributed by atoms with E-state index in [9.17, 15) is 4.79 Å². The Hall–Kier alpha value is -0.960. The quantitative estimate of drug-likeness (QED) is 0.449. The van der Waals surface area contributed by atoms with E-state index in [2.05, 4.69) is 42.5 Å². The van der Waals surface area contributed by atoms with Crippen LogP contribution in [-0.2, 0) is 17.6 Å². The van der Waals surface area contributed by atoms with Gasteiger partial charge in [-0.3, -0.25) is 0 Å². The van der Waals surface area contributed by atoms with Crippen LogP contribution in [0.2, 0.25) is 0 Å². The average molecular weight is 490 g/mol. The molecule has 1 aromatic heterocycles. The topological polar surface area (TPSA) is 50.4 Å². The van der Waals surface area contributed by atoms with Crippen molar-refractivity contribution in [1.82, 2.24) is 0 Å². The summed E-state index contributed by atoms with van der Waals surface area (Å²) >= 11 is 13.9. The van der Waals surface area contributed by atoms with Gasteiger partial charge in [0, 0.05) is 13.8 Å². The third kappa shape index (κ3) is 3.66. The average Bonchev–Trinajstić information content (AvgIpc) is 3.10. The second-order valence-electron chi connectivity index (χ2n) is 5.26. The van der Waals surface area contributed by atoms with Gasteiger partial charge in [-0.25, -0.2) is 4.79 Å². The third-order valence-electron chi connectivity index (χ3n) is 3.72. The molecular weight excluding hydrogens is 476 g/mol. The fraction of sp³-hybridized carbons (Fsp3) is 0.250. The molecule has 0 unspecified atom stereocenters. The van der Waals surface area contributed by atoms with Crippen LogP contribution in [0.1, 0.15) is 27.2 Å². The molecule has 0 spiro atoms. The number of fused-ring (bicyclic) bond motifs is 1. The number of ether oxygens (including phenoxy) is 1. The molecule has 0 fully saturated rings. The molecule has 1 heterocycles. The van der Waals surface area contributed by atoms with E-state index < -0.39 is 0 Å². The fourth-order valence-electron chi connectivity index (χ4n) is 2.66. The van der Waals surface area contributed by atoms with Gasteiger partial charge in [0.2, 0.25) is 0 Å². The van der Waals surface area contributed by atoms with Crippen molar-refractivity contribution in [2.24, 2.45) is 0 Å². The van der Waals surface area contributed by atoms with Gasteiger partial charge >= 0.3 is 5.97 Å². The van der Waals surface area contributed by atoms with Crippen LogP contribution in [0.3, 0.4) is 0 Å². The number of nitrogens with one attached hydrogen (secondary N) is 2. The maximum absolute atomic E-state index is 12.2. The van der Waals surface area contributed by atoms with Gasteiger partial charge in [-0.15, -0.1) is 11.3 Å². The van der Waals surface area contributed by atoms with Crippen LogP contribution in [0.5, 0.6) is 0 Å². The summed E-state index contributed by atoms with van der Waals surface area (Å²) in [5, 5.41) is 7.47. The standard InChI is InChI=1S/C16H14Br2N2O2S2/c1-22-15(21)13-9-3-2-4-12(9)24-14(13)20-16(23)19-11-6-5-8(17)7-10(11)18/h5-7H,2-4H2,1H3,(H2,19,20,23). The molecule has 8 heteroatoms. The fourth-order valence-corrected chi connectivity index (χ4v) is 5.36. The van der Waals surface area contributed by atoms with Gasteiger partial charge in [0.15, 0.2) is 5.11 Å². The molecule has 3 rings (SSSR count). The lowest BCUT2D eigenvalue weighted by Gasteiger charge is -2.12. The van der Waals surface area contributed by atoms with Crippen LogP contribution >= 0.6 is 55.4 Å². The molecule has 0 atom stereocenters. The summed E-state index contributed by atoms with van der Waals surface area (Å²) in [6, 6.07) is 5.78. The maximum atomic E-state index is 12.2. The first-order chi connectivity index (χ1) is 11.5. The number of hydrogen-bond acceptors (Lipinski definition) is 4. The summed E-state index contributed by atoms with van der Waals surface area (Å²) in [5.74, 6) is -0.315. The highest BCUT2D eigenvalue weighted by Crippen LogP contribution is 2.39. The molecule has 1 aliphatic rings. The van der Waals surface area contributed by atoms with Crippen molar-refractivity contribution in [2.75, 3.05) is 17.7 Å². The van der Waals surface area contributed by atoms with E-state index >= 15 is 0 Å². The molecule has 0 radical (unpaired) electrons. The number of carbonyl (C=O) groups is 1. The first-order valence-electron chi connectivity index (χ1n) is 7.25. The number of anilines is 2. The molecule has 2 N–H and O–H groups in total. The highest BCUT2D eigenvalue weighted by molar-refractivity contribution is 9.11. The zero-order valence-corrected chi connectivity index (χ0v) is 17.5. The van der Waals surface area contributed by atoms with Crippen molar-refractivity contribution >= 4 is 77.2 Å². The first kappa shape index (κ1) is 17.8. The Kier molecular flexibility index (Phi) is 5.59. The minimum Gasteiger partial charge on any atom is -0.465 e. The molecule has 1 aliphatic carbocycles. The van der Waals surface area contributed by atoms with Crippen LogP contribution in [-0.4, -0.2) is 18.2 Å². The van der Waals surface area contributed by atoms with Crippen molar-refractivity contribution in [3.05, 3.63) is 43.1 Å². The lowest BCUT2D eigenvalue weighted by molar-refractivity contribution is 0.0601. The lowest BCUT2D eigenvalue weighted by Crippen LogP contribution is -2.20. The van der Waals surface area contributed by atoms with Crippen LogP contribution in [0, 0.1) is 0 Å². The van der Waals surface area contributed by atoms with E-state index in [0.717, 1.165) is 44.5 Å². The minimum atomic E-state index is -0.315. The van der Waals surface area contributed by atoms with Gasteiger partial charge in [0.05, 0.1) is 18.4 Å². The predicted molar refractivity (Wildman–Crippen MR) is 109 cm³/mol. The Morgan fingerprint density at radius 3 is 2.79 bits per heavy atom. The molecule has 126 valence electrons. The Labute approximate surface area is 166 Å². The van der Waals surface area contributed by atoms with Gasteiger partial charge in [-0.1, -0.05) is 15.9 Å². The highest BCUT2D eigenvalue weighted by atomic mass is 79.9.